The molecule has 0 aromatic carbocycles. The summed E-state index contributed by atoms with van der Waals surface area (Å²) in [7, 11) is 0. The van der Waals surface area contributed by atoms with Gasteiger partial charge in [-0.3, -0.25) is 4.79 Å². The molecule has 104 valence electrons. The summed E-state index contributed by atoms with van der Waals surface area (Å²) < 4.78 is 2.15. The van der Waals surface area contributed by atoms with E-state index in [-0.39, 0.29) is 5.91 Å². The summed E-state index contributed by atoms with van der Waals surface area (Å²) in [6.45, 7) is 3.56. The molecular weight excluding hydrogens is 238 g/mol. The second-order valence-corrected chi connectivity index (χ2v) is 5.75. The Morgan fingerprint density at radius 3 is 3.00 bits per heavy atom. The van der Waals surface area contributed by atoms with Gasteiger partial charge in [0.1, 0.15) is 5.69 Å². The Balaban J connectivity index is 1.59. The monoisotopic (exact) mass is 261 g/mol. The van der Waals surface area contributed by atoms with Crippen LogP contribution < -0.4 is 10.6 Å². The quantitative estimate of drug-likeness (QED) is 0.873. The molecule has 0 atom stereocenters. The normalized spacial score (nSPS) is 20.0. The summed E-state index contributed by atoms with van der Waals surface area (Å²) in [6.07, 6.45) is 6.57. The molecule has 4 heteroatoms. The first-order valence-electron chi connectivity index (χ1n) is 7.52. The molecule has 2 heterocycles. The van der Waals surface area contributed by atoms with Crippen molar-refractivity contribution in [2.75, 3.05) is 13.1 Å². The zero-order valence-corrected chi connectivity index (χ0v) is 11.5. The Morgan fingerprint density at radius 2 is 2.16 bits per heavy atom. The van der Waals surface area contributed by atoms with Crippen molar-refractivity contribution < 1.29 is 4.79 Å². The van der Waals surface area contributed by atoms with E-state index in [2.05, 4.69) is 21.3 Å². The van der Waals surface area contributed by atoms with E-state index in [1.54, 1.807) is 0 Å². The van der Waals surface area contributed by atoms with Crippen LogP contribution in [0.3, 0.4) is 0 Å². The smallest absolute Gasteiger partial charge is 0.267 e. The van der Waals surface area contributed by atoms with Gasteiger partial charge in [0.25, 0.3) is 5.91 Å². The molecule has 1 aliphatic heterocycles. The highest BCUT2D eigenvalue weighted by Gasteiger charge is 2.19. The van der Waals surface area contributed by atoms with Crippen molar-refractivity contribution in [2.24, 2.45) is 5.92 Å². The maximum Gasteiger partial charge on any atom is 0.267 e. The highest BCUT2D eigenvalue weighted by atomic mass is 16.1. The number of carbonyl (C=O) groups excluding carboxylic acids is 1. The molecule has 1 amide bonds. The van der Waals surface area contributed by atoms with Crippen molar-refractivity contribution in [3.63, 3.8) is 0 Å². The van der Waals surface area contributed by atoms with Gasteiger partial charge in [0.2, 0.25) is 0 Å². The lowest BCUT2D eigenvalue weighted by Gasteiger charge is -2.22. The third-order valence-corrected chi connectivity index (χ3v) is 4.40. The van der Waals surface area contributed by atoms with Crippen molar-refractivity contribution in [3.8, 4) is 0 Å². The predicted octanol–water partition coefficient (Wildman–Crippen LogP) is 1.90. The number of aromatic nitrogens is 1. The Labute approximate surface area is 114 Å². The van der Waals surface area contributed by atoms with E-state index in [0.29, 0.717) is 5.92 Å². The number of nitrogens with zero attached hydrogens (tertiary/aromatic N) is 1. The average molecular weight is 261 g/mol. The molecule has 2 N–H and O–H groups in total. The molecule has 4 nitrogen and oxygen atoms in total. The van der Waals surface area contributed by atoms with Gasteiger partial charge in [-0.2, -0.15) is 0 Å². The zero-order valence-electron chi connectivity index (χ0n) is 11.5. The molecule has 0 spiro atoms. The van der Waals surface area contributed by atoms with Crippen LogP contribution >= 0.6 is 0 Å². The molecule has 0 unspecified atom stereocenters. The number of rotatable bonds is 3. The van der Waals surface area contributed by atoms with E-state index in [4.69, 9.17) is 0 Å². The van der Waals surface area contributed by atoms with Crippen LogP contribution in [0.2, 0.25) is 0 Å². The third kappa shape index (κ3) is 2.84. The topological polar surface area (TPSA) is 46.1 Å². The van der Waals surface area contributed by atoms with Crippen LogP contribution in [-0.4, -0.2) is 23.6 Å². The maximum atomic E-state index is 12.3. The second kappa shape index (κ2) is 5.78. The summed E-state index contributed by atoms with van der Waals surface area (Å²) in [5, 5.41) is 6.45. The third-order valence-electron chi connectivity index (χ3n) is 4.40. The van der Waals surface area contributed by atoms with Crippen LogP contribution in [0.1, 0.15) is 48.3 Å². The molecule has 1 saturated carbocycles. The molecule has 3 rings (SSSR count). The Hall–Kier alpha value is -1.29. The van der Waals surface area contributed by atoms with Crippen molar-refractivity contribution in [1.29, 1.82) is 0 Å². The second-order valence-electron chi connectivity index (χ2n) is 5.75. The molecule has 1 aliphatic carbocycles. The summed E-state index contributed by atoms with van der Waals surface area (Å²) in [5.41, 5.74) is 2.04. The van der Waals surface area contributed by atoms with E-state index in [1.807, 2.05) is 6.07 Å². The minimum Gasteiger partial charge on any atom is -0.350 e. The number of amides is 1. The average Bonchev–Trinajstić information content (AvgIpc) is 2.90. The van der Waals surface area contributed by atoms with Gasteiger partial charge in [-0.05, 0) is 30.9 Å². The molecule has 1 aromatic heterocycles. The summed E-state index contributed by atoms with van der Waals surface area (Å²) in [5.74, 6) is 0.786. The number of nitrogens with one attached hydrogen (secondary N) is 2. The molecule has 19 heavy (non-hydrogen) atoms. The number of hydrogen-bond acceptors (Lipinski definition) is 2. The fourth-order valence-corrected chi connectivity index (χ4v) is 3.25. The number of hydrogen-bond donors (Lipinski definition) is 2. The number of carbonyl (C=O) groups is 1. The molecule has 1 fully saturated rings. The largest absolute Gasteiger partial charge is 0.350 e. The molecule has 0 bridgehead atoms. The SMILES string of the molecule is O=C(NCC1CCCCC1)c1ccc2n1CCNC2. The number of fused-ring (bicyclic) bond motifs is 1. The molecule has 2 aliphatic rings. The Kier molecular flexibility index (Phi) is 3.87. The van der Waals surface area contributed by atoms with Crippen molar-refractivity contribution in [3.05, 3.63) is 23.5 Å². The maximum absolute atomic E-state index is 12.3. The molecular formula is C15H23N3O. The molecule has 1 aromatic rings. The minimum atomic E-state index is 0.0960. The van der Waals surface area contributed by atoms with Gasteiger partial charge in [0.15, 0.2) is 0 Å². The van der Waals surface area contributed by atoms with E-state index < -0.39 is 0 Å². The van der Waals surface area contributed by atoms with Gasteiger partial charge in [-0.25, -0.2) is 0 Å². The van der Waals surface area contributed by atoms with Gasteiger partial charge < -0.3 is 15.2 Å². The van der Waals surface area contributed by atoms with E-state index in [9.17, 15) is 4.79 Å². The van der Waals surface area contributed by atoms with Gasteiger partial charge in [0.05, 0.1) is 0 Å². The Morgan fingerprint density at radius 1 is 1.32 bits per heavy atom. The van der Waals surface area contributed by atoms with Crippen LogP contribution in [0.15, 0.2) is 12.1 Å². The van der Waals surface area contributed by atoms with Gasteiger partial charge in [0, 0.05) is 31.9 Å². The first-order valence-corrected chi connectivity index (χ1v) is 7.52. The fraction of sp³-hybridized carbons (Fsp3) is 0.667. The van der Waals surface area contributed by atoms with Crippen LogP contribution in [0, 0.1) is 5.92 Å². The van der Waals surface area contributed by atoms with Crippen LogP contribution in [0.5, 0.6) is 0 Å². The highest BCUT2D eigenvalue weighted by Crippen LogP contribution is 2.23. The zero-order chi connectivity index (χ0) is 13.1. The fourth-order valence-electron chi connectivity index (χ4n) is 3.25. The summed E-state index contributed by atoms with van der Waals surface area (Å²) in [4.78, 5) is 12.3. The highest BCUT2D eigenvalue weighted by molar-refractivity contribution is 5.92. The predicted molar refractivity (Wildman–Crippen MR) is 75.0 cm³/mol. The standard InChI is InChI=1S/C15H23N3O/c19-15(17-10-12-4-2-1-3-5-12)14-7-6-13-11-16-8-9-18(13)14/h6-7,12,16H,1-5,8-11H2,(H,17,19). The van der Waals surface area contributed by atoms with Crippen molar-refractivity contribution in [2.45, 2.75) is 45.2 Å². The van der Waals surface area contributed by atoms with Crippen molar-refractivity contribution in [1.82, 2.24) is 15.2 Å². The minimum absolute atomic E-state index is 0.0960. The van der Waals surface area contributed by atoms with Crippen molar-refractivity contribution >= 4 is 5.91 Å². The van der Waals surface area contributed by atoms with Crippen LogP contribution in [0.4, 0.5) is 0 Å². The van der Waals surface area contributed by atoms with Crippen LogP contribution in [0.25, 0.3) is 0 Å². The van der Waals surface area contributed by atoms with Gasteiger partial charge >= 0.3 is 0 Å². The van der Waals surface area contributed by atoms with Crippen LogP contribution in [-0.2, 0) is 13.1 Å². The van der Waals surface area contributed by atoms with E-state index in [0.717, 1.165) is 31.9 Å². The molecule has 0 saturated heterocycles. The molecule has 0 radical (unpaired) electrons. The lowest BCUT2D eigenvalue weighted by molar-refractivity contribution is 0.0933. The van der Waals surface area contributed by atoms with E-state index in [1.165, 1.54) is 37.8 Å². The lowest BCUT2D eigenvalue weighted by atomic mass is 9.89. The Bertz CT molecular complexity index is 446. The summed E-state index contributed by atoms with van der Waals surface area (Å²) in [6, 6.07) is 4.01. The van der Waals surface area contributed by atoms with Gasteiger partial charge in [-0.1, -0.05) is 19.3 Å². The van der Waals surface area contributed by atoms with Gasteiger partial charge in [-0.15, -0.1) is 0 Å². The lowest BCUT2D eigenvalue weighted by Crippen LogP contribution is -2.34. The van der Waals surface area contributed by atoms with E-state index >= 15 is 0 Å². The first-order chi connectivity index (χ1) is 9.34. The summed E-state index contributed by atoms with van der Waals surface area (Å²) >= 11 is 0. The first kappa shape index (κ1) is 12.7.